The molecule has 0 bridgehead atoms. The Hall–Kier alpha value is -2.57. The molecule has 2 aliphatic heterocycles. The second-order valence-corrected chi connectivity index (χ2v) is 7.54. The van der Waals surface area contributed by atoms with Crippen molar-refractivity contribution in [2.45, 2.75) is 33.1 Å². The molecule has 0 aromatic heterocycles. The van der Waals surface area contributed by atoms with E-state index in [1.54, 1.807) is 16.7 Å². The van der Waals surface area contributed by atoms with Gasteiger partial charge in [-0.1, -0.05) is 12.1 Å². The number of para-hydroxylation sites is 2. The van der Waals surface area contributed by atoms with Crippen LogP contribution in [0.2, 0.25) is 0 Å². The average molecular weight is 374 g/mol. The first-order valence-corrected chi connectivity index (χ1v) is 9.40. The van der Waals surface area contributed by atoms with Crippen molar-refractivity contribution in [3.8, 4) is 5.75 Å². The Balaban J connectivity index is 1.74. The van der Waals surface area contributed by atoms with E-state index in [1.807, 2.05) is 31.2 Å². The summed E-state index contributed by atoms with van der Waals surface area (Å²) in [6, 6.07) is 7.31. The number of aliphatic carboxylic acids is 1. The van der Waals surface area contributed by atoms with Crippen molar-refractivity contribution in [2.24, 2.45) is 11.3 Å². The summed E-state index contributed by atoms with van der Waals surface area (Å²) in [6.07, 6.45) is 1.36. The van der Waals surface area contributed by atoms with Crippen molar-refractivity contribution in [1.82, 2.24) is 4.90 Å². The van der Waals surface area contributed by atoms with Gasteiger partial charge >= 0.3 is 5.97 Å². The van der Waals surface area contributed by atoms with Crippen LogP contribution in [0.3, 0.4) is 0 Å². The van der Waals surface area contributed by atoms with Crippen molar-refractivity contribution < 1.29 is 24.2 Å². The number of nitrogens with zero attached hydrogens (tertiary/aromatic N) is 2. The first kappa shape index (κ1) is 19.2. The molecule has 2 heterocycles. The Kier molecular flexibility index (Phi) is 5.39. The normalized spacial score (nSPS) is 25.6. The van der Waals surface area contributed by atoms with Crippen LogP contribution in [0.1, 0.15) is 33.1 Å². The maximum atomic E-state index is 13.0. The maximum Gasteiger partial charge on any atom is 0.311 e. The van der Waals surface area contributed by atoms with Crippen molar-refractivity contribution in [3.63, 3.8) is 0 Å². The highest BCUT2D eigenvalue weighted by Crippen LogP contribution is 2.35. The number of carboxylic acid groups (broad SMARTS) is 1. The summed E-state index contributed by atoms with van der Waals surface area (Å²) >= 11 is 0. The van der Waals surface area contributed by atoms with E-state index in [1.165, 1.54) is 0 Å². The number of likely N-dealkylation sites (tertiary alicyclic amines) is 1. The highest BCUT2D eigenvalue weighted by atomic mass is 16.5. The number of anilines is 1. The molecule has 2 atom stereocenters. The molecule has 2 saturated heterocycles. The van der Waals surface area contributed by atoms with Crippen LogP contribution in [0.4, 0.5) is 5.69 Å². The van der Waals surface area contributed by atoms with Gasteiger partial charge in [0.1, 0.15) is 5.75 Å². The third kappa shape index (κ3) is 3.77. The zero-order chi connectivity index (χ0) is 19.6. The van der Waals surface area contributed by atoms with Crippen LogP contribution in [0, 0.1) is 11.3 Å². The topological polar surface area (TPSA) is 87.2 Å². The lowest BCUT2D eigenvalue weighted by Gasteiger charge is -2.38. The second-order valence-electron chi connectivity index (χ2n) is 7.54. The Labute approximate surface area is 158 Å². The fourth-order valence-corrected chi connectivity index (χ4v) is 3.92. The van der Waals surface area contributed by atoms with Crippen LogP contribution in [0.25, 0.3) is 0 Å². The van der Waals surface area contributed by atoms with Gasteiger partial charge in [-0.25, -0.2) is 0 Å². The number of rotatable bonds is 5. The molecule has 2 aliphatic rings. The Morgan fingerprint density at radius 3 is 2.78 bits per heavy atom. The predicted molar refractivity (Wildman–Crippen MR) is 99.6 cm³/mol. The predicted octanol–water partition coefficient (Wildman–Crippen LogP) is 2.15. The molecule has 27 heavy (non-hydrogen) atoms. The standard InChI is InChI=1S/C20H26N2O5/c1-3-27-16-8-5-4-7-15(16)22-12-14(11-17(22)23)18(24)21-10-6-9-20(2,13-21)19(25)26/h4-5,7-8,14H,3,6,9-13H2,1-2H3,(H,25,26). The average Bonchev–Trinajstić information content (AvgIpc) is 3.03. The van der Waals surface area contributed by atoms with E-state index in [9.17, 15) is 19.5 Å². The fraction of sp³-hybridized carbons (Fsp3) is 0.550. The monoisotopic (exact) mass is 374 g/mol. The van der Waals surface area contributed by atoms with Crippen LogP contribution in [-0.4, -0.2) is 54.0 Å². The van der Waals surface area contributed by atoms with E-state index in [0.717, 1.165) is 0 Å². The minimum atomic E-state index is -0.919. The van der Waals surface area contributed by atoms with E-state index in [4.69, 9.17) is 4.74 Å². The number of hydrogen-bond donors (Lipinski definition) is 1. The van der Waals surface area contributed by atoms with Crippen molar-refractivity contribution in [3.05, 3.63) is 24.3 Å². The smallest absolute Gasteiger partial charge is 0.311 e. The SMILES string of the molecule is CCOc1ccccc1N1CC(C(=O)N2CCCC(C)(C(=O)O)C2)CC1=O. The first-order valence-electron chi connectivity index (χ1n) is 9.40. The molecule has 2 amide bonds. The number of amides is 2. The molecule has 2 fully saturated rings. The van der Waals surface area contributed by atoms with Crippen LogP contribution >= 0.6 is 0 Å². The van der Waals surface area contributed by atoms with Gasteiger partial charge in [-0.3, -0.25) is 14.4 Å². The second kappa shape index (κ2) is 7.58. The van der Waals surface area contributed by atoms with Gasteiger partial charge in [0.25, 0.3) is 0 Å². The summed E-state index contributed by atoms with van der Waals surface area (Å²) in [5.74, 6) is -0.957. The minimum Gasteiger partial charge on any atom is -0.492 e. The zero-order valence-electron chi connectivity index (χ0n) is 15.8. The van der Waals surface area contributed by atoms with E-state index in [-0.39, 0.29) is 24.8 Å². The highest BCUT2D eigenvalue weighted by Gasteiger charge is 2.43. The van der Waals surface area contributed by atoms with Gasteiger partial charge in [0, 0.05) is 26.1 Å². The number of carbonyl (C=O) groups is 3. The van der Waals surface area contributed by atoms with Crippen LogP contribution in [0.15, 0.2) is 24.3 Å². The van der Waals surface area contributed by atoms with E-state index >= 15 is 0 Å². The van der Waals surface area contributed by atoms with Crippen LogP contribution in [0.5, 0.6) is 5.75 Å². The van der Waals surface area contributed by atoms with Gasteiger partial charge < -0.3 is 19.6 Å². The molecule has 0 radical (unpaired) electrons. The fourth-order valence-electron chi connectivity index (χ4n) is 3.92. The summed E-state index contributed by atoms with van der Waals surface area (Å²) in [5, 5.41) is 9.46. The van der Waals surface area contributed by atoms with E-state index < -0.39 is 17.3 Å². The van der Waals surface area contributed by atoms with Gasteiger partial charge in [-0.15, -0.1) is 0 Å². The summed E-state index contributed by atoms with van der Waals surface area (Å²) in [5.41, 5.74) is -0.244. The van der Waals surface area contributed by atoms with Crippen molar-refractivity contribution in [1.29, 1.82) is 0 Å². The number of piperidine rings is 1. The molecule has 7 heteroatoms. The summed E-state index contributed by atoms with van der Waals surface area (Å²) in [7, 11) is 0. The van der Waals surface area contributed by atoms with Gasteiger partial charge in [0.2, 0.25) is 11.8 Å². The molecular formula is C20H26N2O5. The molecule has 1 aromatic carbocycles. The van der Waals surface area contributed by atoms with E-state index in [2.05, 4.69) is 0 Å². The van der Waals surface area contributed by atoms with Gasteiger partial charge in [-0.2, -0.15) is 0 Å². The molecule has 7 nitrogen and oxygen atoms in total. The third-order valence-electron chi connectivity index (χ3n) is 5.45. The molecule has 146 valence electrons. The van der Waals surface area contributed by atoms with E-state index in [0.29, 0.717) is 44.0 Å². The summed E-state index contributed by atoms with van der Waals surface area (Å²) < 4.78 is 5.61. The molecule has 0 saturated carbocycles. The molecule has 0 spiro atoms. The molecule has 0 aliphatic carbocycles. The van der Waals surface area contributed by atoms with Crippen molar-refractivity contribution in [2.75, 3.05) is 31.1 Å². The molecular weight excluding hydrogens is 348 g/mol. The van der Waals surface area contributed by atoms with Crippen LogP contribution in [-0.2, 0) is 14.4 Å². The number of carboxylic acids is 1. The maximum absolute atomic E-state index is 13.0. The Morgan fingerprint density at radius 2 is 2.07 bits per heavy atom. The summed E-state index contributed by atoms with van der Waals surface area (Å²) in [6.45, 7) is 5.08. The quantitative estimate of drug-likeness (QED) is 0.853. The number of hydrogen-bond acceptors (Lipinski definition) is 4. The molecule has 1 N–H and O–H groups in total. The number of carbonyl (C=O) groups excluding carboxylic acids is 2. The zero-order valence-corrected chi connectivity index (χ0v) is 15.8. The lowest BCUT2D eigenvalue weighted by molar-refractivity contribution is -0.154. The first-order chi connectivity index (χ1) is 12.9. The molecule has 2 unspecified atom stereocenters. The van der Waals surface area contributed by atoms with Gasteiger partial charge in [0.15, 0.2) is 0 Å². The van der Waals surface area contributed by atoms with Crippen molar-refractivity contribution >= 4 is 23.5 Å². The molecule has 3 rings (SSSR count). The number of ether oxygens (including phenoxy) is 1. The highest BCUT2D eigenvalue weighted by molar-refractivity contribution is 6.01. The summed E-state index contributed by atoms with van der Waals surface area (Å²) in [4.78, 5) is 40.3. The minimum absolute atomic E-state index is 0.112. The third-order valence-corrected chi connectivity index (χ3v) is 5.45. The Bertz CT molecular complexity index is 750. The largest absolute Gasteiger partial charge is 0.492 e. The Morgan fingerprint density at radius 1 is 1.33 bits per heavy atom. The lowest BCUT2D eigenvalue weighted by Crippen LogP contribution is -2.50. The molecule has 1 aromatic rings. The lowest BCUT2D eigenvalue weighted by atomic mass is 9.81. The van der Waals surface area contributed by atoms with Gasteiger partial charge in [-0.05, 0) is 38.8 Å². The van der Waals surface area contributed by atoms with Crippen LogP contribution < -0.4 is 9.64 Å². The van der Waals surface area contributed by atoms with Gasteiger partial charge in [0.05, 0.1) is 23.6 Å². The number of benzene rings is 1.